The van der Waals surface area contributed by atoms with Crippen LogP contribution in [-0.4, -0.2) is 42.8 Å². The summed E-state index contributed by atoms with van der Waals surface area (Å²) in [4.78, 5) is 14.2. The number of nitrogens with zero attached hydrogens (tertiary/aromatic N) is 1. The van der Waals surface area contributed by atoms with E-state index in [1.165, 1.54) is 38.6 Å². The number of carbonyl (C=O) groups is 1. The summed E-state index contributed by atoms with van der Waals surface area (Å²) in [5.41, 5.74) is 0. The largest absolute Gasteiger partial charge is 0.446 e. The van der Waals surface area contributed by atoms with Crippen LogP contribution in [0.15, 0.2) is 0 Å². The first-order chi connectivity index (χ1) is 8.81. The van der Waals surface area contributed by atoms with Crippen LogP contribution in [-0.2, 0) is 4.74 Å². The Bertz CT molecular complexity index is 298. The molecule has 2 aliphatic carbocycles. The third-order valence-electron chi connectivity index (χ3n) is 4.49. The summed E-state index contributed by atoms with van der Waals surface area (Å²) in [6.45, 7) is 3.16. The van der Waals surface area contributed by atoms with Gasteiger partial charge in [0.15, 0.2) is 0 Å². The first kappa shape index (κ1) is 12.3. The molecule has 3 fully saturated rings. The molecule has 0 aromatic carbocycles. The number of alkyl carbamates (subject to hydrolysis) is 1. The fraction of sp³-hybridized carbons (Fsp3) is 0.929. The van der Waals surface area contributed by atoms with Crippen molar-refractivity contribution in [1.82, 2.24) is 10.2 Å². The summed E-state index contributed by atoms with van der Waals surface area (Å²) in [5.74, 6) is 0.627. The average Bonchev–Trinajstić information content (AvgIpc) is 2.90. The lowest BCUT2D eigenvalue weighted by molar-refractivity contribution is 0.0998. The Balaban J connectivity index is 1.32. The van der Waals surface area contributed by atoms with Crippen molar-refractivity contribution >= 4 is 6.09 Å². The predicted molar refractivity (Wildman–Crippen MR) is 69.4 cm³/mol. The van der Waals surface area contributed by atoms with E-state index in [0.29, 0.717) is 5.92 Å². The molecular formula is C14H24N2O2. The molecule has 1 saturated heterocycles. The zero-order valence-corrected chi connectivity index (χ0v) is 11.1. The second kappa shape index (κ2) is 5.47. The van der Waals surface area contributed by atoms with Gasteiger partial charge in [-0.1, -0.05) is 0 Å². The van der Waals surface area contributed by atoms with Crippen molar-refractivity contribution in [2.75, 3.05) is 19.6 Å². The second-order valence-corrected chi connectivity index (χ2v) is 6.07. The van der Waals surface area contributed by atoms with Crippen LogP contribution in [0.1, 0.15) is 44.9 Å². The molecule has 0 bridgehead atoms. The molecule has 4 nitrogen and oxygen atoms in total. The normalized spacial score (nSPS) is 29.7. The minimum atomic E-state index is -0.202. The van der Waals surface area contributed by atoms with Gasteiger partial charge in [0.05, 0.1) is 0 Å². The molecule has 1 unspecified atom stereocenters. The molecule has 1 atom stereocenters. The van der Waals surface area contributed by atoms with Crippen molar-refractivity contribution in [3.05, 3.63) is 0 Å². The Morgan fingerprint density at radius 2 is 1.94 bits per heavy atom. The first-order valence-corrected chi connectivity index (χ1v) is 7.50. The van der Waals surface area contributed by atoms with Crippen LogP contribution in [0, 0.1) is 5.92 Å². The molecule has 1 heterocycles. The number of hydrogen-bond donors (Lipinski definition) is 1. The maximum Gasteiger partial charge on any atom is 0.407 e. The van der Waals surface area contributed by atoms with Gasteiger partial charge in [-0.05, 0) is 57.4 Å². The minimum Gasteiger partial charge on any atom is -0.446 e. The predicted octanol–water partition coefficient (Wildman–Crippen LogP) is 2.14. The van der Waals surface area contributed by atoms with Crippen LogP contribution in [0.5, 0.6) is 0 Å². The van der Waals surface area contributed by atoms with Gasteiger partial charge in [-0.2, -0.15) is 0 Å². The van der Waals surface area contributed by atoms with Crippen LogP contribution in [0.25, 0.3) is 0 Å². The summed E-state index contributed by atoms with van der Waals surface area (Å²) < 4.78 is 5.39. The molecule has 0 radical (unpaired) electrons. The fourth-order valence-corrected chi connectivity index (χ4v) is 3.23. The van der Waals surface area contributed by atoms with Crippen molar-refractivity contribution in [1.29, 1.82) is 0 Å². The van der Waals surface area contributed by atoms with E-state index in [4.69, 9.17) is 4.74 Å². The lowest BCUT2D eigenvalue weighted by atomic mass is 10.1. The van der Waals surface area contributed by atoms with E-state index in [1.54, 1.807) is 0 Å². The summed E-state index contributed by atoms with van der Waals surface area (Å²) in [7, 11) is 0. The van der Waals surface area contributed by atoms with Gasteiger partial charge in [0.25, 0.3) is 0 Å². The Hall–Kier alpha value is -0.770. The van der Waals surface area contributed by atoms with Crippen molar-refractivity contribution in [3.8, 4) is 0 Å². The van der Waals surface area contributed by atoms with E-state index in [0.717, 1.165) is 32.0 Å². The first-order valence-electron chi connectivity index (χ1n) is 7.50. The highest BCUT2D eigenvalue weighted by Crippen LogP contribution is 2.31. The molecular weight excluding hydrogens is 228 g/mol. The number of ether oxygens (including phenoxy) is 1. The van der Waals surface area contributed by atoms with Gasteiger partial charge < -0.3 is 15.0 Å². The van der Waals surface area contributed by atoms with Crippen molar-refractivity contribution in [2.45, 2.75) is 57.1 Å². The van der Waals surface area contributed by atoms with Crippen LogP contribution in [0.2, 0.25) is 0 Å². The van der Waals surface area contributed by atoms with Gasteiger partial charge in [0.1, 0.15) is 6.10 Å². The zero-order valence-electron chi connectivity index (χ0n) is 11.1. The molecule has 3 rings (SSSR count). The summed E-state index contributed by atoms with van der Waals surface area (Å²) in [6, 6.07) is 0.862. The molecule has 102 valence electrons. The van der Waals surface area contributed by atoms with Gasteiger partial charge in [-0.3, -0.25) is 0 Å². The number of hydrogen-bond acceptors (Lipinski definition) is 3. The summed E-state index contributed by atoms with van der Waals surface area (Å²) in [5, 5.41) is 2.94. The fourth-order valence-electron chi connectivity index (χ4n) is 3.23. The molecule has 0 aromatic heterocycles. The molecule has 1 N–H and O–H groups in total. The van der Waals surface area contributed by atoms with Crippen LogP contribution in [0.3, 0.4) is 0 Å². The van der Waals surface area contributed by atoms with E-state index in [2.05, 4.69) is 10.2 Å². The number of nitrogens with one attached hydrogen (secondary N) is 1. The topological polar surface area (TPSA) is 41.6 Å². The lowest BCUT2D eigenvalue weighted by Crippen LogP contribution is -2.33. The van der Waals surface area contributed by atoms with Crippen LogP contribution >= 0.6 is 0 Å². The summed E-state index contributed by atoms with van der Waals surface area (Å²) >= 11 is 0. The van der Waals surface area contributed by atoms with Gasteiger partial charge >= 0.3 is 6.09 Å². The van der Waals surface area contributed by atoms with Crippen molar-refractivity contribution in [3.63, 3.8) is 0 Å². The number of carbonyl (C=O) groups excluding carboxylic acids is 1. The number of rotatable bonds is 4. The van der Waals surface area contributed by atoms with Gasteiger partial charge in [-0.25, -0.2) is 4.79 Å². The maximum absolute atomic E-state index is 11.6. The third kappa shape index (κ3) is 3.16. The molecule has 4 heteroatoms. The average molecular weight is 252 g/mol. The highest BCUT2D eigenvalue weighted by molar-refractivity contribution is 5.67. The standard InChI is InChI=1S/C14H24N2O2/c17-14(18-13-3-1-2-4-13)15-9-11-7-8-16(10-11)12-5-6-12/h11-13H,1-10H2,(H,15,17). The van der Waals surface area contributed by atoms with Gasteiger partial charge in [0.2, 0.25) is 0 Å². The Labute approximate surface area is 109 Å². The molecule has 2 saturated carbocycles. The van der Waals surface area contributed by atoms with Crippen LogP contribution < -0.4 is 5.32 Å². The Morgan fingerprint density at radius 3 is 2.67 bits per heavy atom. The molecule has 0 spiro atoms. The Morgan fingerprint density at radius 1 is 1.17 bits per heavy atom. The maximum atomic E-state index is 11.6. The van der Waals surface area contributed by atoms with Crippen molar-refractivity contribution < 1.29 is 9.53 Å². The SMILES string of the molecule is O=C(NCC1CCN(C2CC2)C1)OC1CCCC1. The van der Waals surface area contributed by atoms with E-state index in [9.17, 15) is 4.79 Å². The molecule has 0 aromatic rings. The Kier molecular flexibility index (Phi) is 3.73. The molecule has 1 aliphatic heterocycles. The quantitative estimate of drug-likeness (QED) is 0.833. The van der Waals surface area contributed by atoms with Gasteiger partial charge in [0, 0.05) is 19.1 Å². The highest BCUT2D eigenvalue weighted by atomic mass is 16.6. The van der Waals surface area contributed by atoms with E-state index >= 15 is 0 Å². The number of likely N-dealkylation sites (tertiary alicyclic amines) is 1. The zero-order chi connectivity index (χ0) is 12.4. The second-order valence-electron chi connectivity index (χ2n) is 6.07. The van der Waals surface area contributed by atoms with Gasteiger partial charge in [-0.15, -0.1) is 0 Å². The highest BCUT2D eigenvalue weighted by Gasteiger charge is 2.34. The molecule has 1 amide bonds. The summed E-state index contributed by atoms with van der Waals surface area (Å²) in [6.07, 6.45) is 8.46. The monoisotopic (exact) mass is 252 g/mol. The van der Waals surface area contributed by atoms with Crippen molar-refractivity contribution in [2.24, 2.45) is 5.92 Å². The van der Waals surface area contributed by atoms with E-state index in [-0.39, 0.29) is 12.2 Å². The van der Waals surface area contributed by atoms with E-state index < -0.39 is 0 Å². The smallest absolute Gasteiger partial charge is 0.407 e. The minimum absolute atomic E-state index is 0.177. The third-order valence-corrected chi connectivity index (χ3v) is 4.49. The molecule has 3 aliphatic rings. The molecule has 18 heavy (non-hydrogen) atoms. The lowest BCUT2D eigenvalue weighted by Gasteiger charge is -2.16. The number of amides is 1. The van der Waals surface area contributed by atoms with E-state index in [1.807, 2.05) is 0 Å². The van der Waals surface area contributed by atoms with Crippen LogP contribution in [0.4, 0.5) is 4.79 Å².